The monoisotopic (exact) mass is 349 g/mol. The number of likely N-dealkylation sites (tertiary alicyclic amines) is 1. The quantitative estimate of drug-likeness (QED) is 0.783. The molecule has 0 bridgehead atoms. The van der Waals surface area contributed by atoms with Gasteiger partial charge in [0.1, 0.15) is 12.4 Å². The van der Waals surface area contributed by atoms with E-state index in [1.165, 1.54) is 0 Å². The zero-order chi connectivity index (χ0) is 18.1. The molecule has 1 N–H and O–H groups in total. The molecule has 0 spiro atoms. The van der Waals surface area contributed by atoms with E-state index < -0.39 is 0 Å². The summed E-state index contributed by atoms with van der Waals surface area (Å²) in [5.74, 6) is 0.829. The molecule has 1 unspecified atom stereocenters. The fraction of sp³-hybridized carbons (Fsp3) is 0.632. The first-order valence-electron chi connectivity index (χ1n) is 9.10. The minimum atomic E-state index is -0.0347. The molecule has 0 aliphatic carbocycles. The number of likely N-dealkylation sites (N-methyl/N-ethyl adjacent to an activating group) is 1. The van der Waals surface area contributed by atoms with Crippen molar-refractivity contribution in [2.24, 2.45) is 0 Å². The van der Waals surface area contributed by atoms with Gasteiger partial charge in [0.25, 0.3) is 0 Å². The number of hydrogen-bond acceptors (Lipinski definition) is 4. The highest BCUT2D eigenvalue weighted by molar-refractivity contribution is 5.74. The van der Waals surface area contributed by atoms with Crippen molar-refractivity contribution in [3.8, 4) is 5.75 Å². The summed E-state index contributed by atoms with van der Waals surface area (Å²) in [6, 6.07) is 7.82. The predicted octanol–water partition coefficient (Wildman–Crippen LogP) is 2.34. The fourth-order valence-electron chi connectivity index (χ4n) is 2.91. The van der Waals surface area contributed by atoms with E-state index in [2.05, 4.69) is 10.2 Å². The summed E-state index contributed by atoms with van der Waals surface area (Å²) in [7, 11) is 4.03. The van der Waals surface area contributed by atoms with Crippen LogP contribution in [0.4, 0.5) is 4.79 Å². The van der Waals surface area contributed by atoms with Crippen LogP contribution in [-0.2, 0) is 11.3 Å². The van der Waals surface area contributed by atoms with Gasteiger partial charge in [0, 0.05) is 38.3 Å². The van der Waals surface area contributed by atoms with E-state index in [-0.39, 0.29) is 12.1 Å². The molecule has 1 aromatic rings. The first kappa shape index (κ1) is 19.5. The number of hydrogen-bond donors (Lipinski definition) is 1. The molecule has 1 aromatic carbocycles. The maximum atomic E-state index is 12.4. The van der Waals surface area contributed by atoms with Gasteiger partial charge in [-0.05, 0) is 39.9 Å². The normalized spacial score (nSPS) is 17.6. The number of amides is 2. The molecule has 140 valence electrons. The van der Waals surface area contributed by atoms with E-state index >= 15 is 0 Å². The summed E-state index contributed by atoms with van der Waals surface area (Å²) >= 11 is 0. The first-order valence-corrected chi connectivity index (χ1v) is 9.10. The number of carbonyl (C=O) groups is 1. The molecule has 2 rings (SSSR count). The SMILES string of the molecule is CCOC1CCCN(C(=O)NCc2ccccc2OCCN(C)C)C1. The topological polar surface area (TPSA) is 54.0 Å². The Balaban J connectivity index is 1.84. The second kappa shape index (κ2) is 10.3. The van der Waals surface area contributed by atoms with Gasteiger partial charge in [-0.25, -0.2) is 4.79 Å². The zero-order valence-electron chi connectivity index (χ0n) is 15.7. The minimum Gasteiger partial charge on any atom is -0.492 e. The number of piperidine rings is 1. The van der Waals surface area contributed by atoms with Gasteiger partial charge in [-0.15, -0.1) is 0 Å². The first-order chi connectivity index (χ1) is 12.1. The Labute approximate surface area is 151 Å². The van der Waals surface area contributed by atoms with Crippen LogP contribution in [0.3, 0.4) is 0 Å². The minimum absolute atomic E-state index is 0.0347. The molecule has 1 atom stereocenters. The van der Waals surface area contributed by atoms with Gasteiger partial charge < -0.3 is 24.6 Å². The van der Waals surface area contributed by atoms with Crippen molar-refractivity contribution < 1.29 is 14.3 Å². The predicted molar refractivity (Wildman–Crippen MR) is 98.9 cm³/mol. The average Bonchev–Trinajstić information content (AvgIpc) is 2.61. The van der Waals surface area contributed by atoms with Crippen LogP contribution in [0.15, 0.2) is 24.3 Å². The molecule has 0 radical (unpaired) electrons. The lowest BCUT2D eigenvalue weighted by atomic mass is 10.1. The Kier molecular flexibility index (Phi) is 8.01. The maximum Gasteiger partial charge on any atom is 0.317 e. The molecule has 2 amide bonds. The Bertz CT molecular complexity index is 534. The van der Waals surface area contributed by atoms with E-state index in [1.54, 1.807) is 0 Å². The summed E-state index contributed by atoms with van der Waals surface area (Å²) < 4.78 is 11.5. The van der Waals surface area contributed by atoms with Gasteiger partial charge in [-0.3, -0.25) is 0 Å². The van der Waals surface area contributed by atoms with E-state index in [4.69, 9.17) is 9.47 Å². The van der Waals surface area contributed by atoms with E-state index in [1.807, 2.05) is 50.2 Å². The molecular weight excluding hydrogens is 318 g/mol. The zero-order valence-corrected chi connectivity index (χ0v) is 15.7. The van der Waals surface area contributed by atoms with Gasteiger partial charge in [0.05, 0.1) is 6.10 Å². The highest BCUT2D eigenvalue weighted by Crippen LogP contribution is 2.18. The highest BCUT2D eigenvalue weighted by Gasteiger charge is 2.23. The van der Waals surface area contributed by atoms with Gasteiger partial charge in [0.15, 0.2) is 0 Å². The second-order valence-corrected chi connectivity index (χ2v) is 6.58. The van der Waals surface area contributed by atoms with Gasteiger partial charge in [-0.1, -0.05) is 18.2 Å². The molecule has 1 aliphatic heterocycles. The maximum absolute atomic E-state index is 12.4. The smallest absolute Gasteiger partial charge is 0.317 e. The van der Waals surface area contributed by atoms with Crippen molar-refractivity contribution in [3.05, 3.63) is 29.8 Å². The molecule has 1 fully saturated rings. The van der Waals surface area contributed by atoms with Crippen LogP contribution in [0.2, 0.25) is 0 Å². The lowest BCUT2D eigenvalue weighted by molar-refractivity contribution is 0.0164. The van der Waals surface area contributed by atoms with E-state index in [0.717, 1.165) is 37.2 Å². The Morgan fingerprint density at radius 3 is 2.92 bits per heavy atom. The van der Waals surface area contributed by atoms with Crippen molar-refractivity contribution in [1.82, 2.24) is 15.1 Å². The summed E-state index contributed by atoms with van der Waals surface area (Å²) in [4.78, 5) is 16.4. The standard InChI is InChI=1S/C19H31N3O3/c1-4-24-17-9-7-11-22(15-17)19(23)20-14-16-8-5-6-10-18(16)25-13-12-21(2)3/h5-6,8,10,17H,4,7,9,11-15H2,1-3H3,(H,20,23). The van der Waals surface area contributed by atoms with Crippen LogP contribution >= 0.6 is 0 Å². The van der Waals surface area contributed by atoms with Crippen LogP contribution in [0, 0.1) is 0 Å². The van der Waals surface area contributed by atoms with E-state index in [0.29, 0.717) is 26.3 Å². The molecule has 1 aliphatic rings. The molecule has 0 saturated carbocycles. The van der Waals surface area contributed by atoms with Crippen molar-refractivity contribution >= 4 is 6.03 Å². The molecule has 25 heavy (non-hydrogen) atoms. The molecule has 0 aromatic heterocycles. The Morgan fingerprint density at radius 1 is 1.36 bits per heavy atom. The van der Waals surface area contributed by atoms with Gasteiger partial charge >= 0.3 is 6.03 Å². The van der Waals surface area contributed by atoms with Crippen molar-refractivity contribution in [3.63, 3.8) is 0 Å². The third-order valence-corrected chi connectivity index (χ3v) is 4.27. The van der Waals surface area contributed by atoms with Gasteiger partial charge in [-0.2, -0.15) is 0 Å². The number of ether oxygens (including phenoxy) is 2. The molecule has 1 saturated heterocycles. The molecule has 1 heterocycles. The third kappa shape index (κ3) is 6.55. The third-order valence-electron chi connectivity index (χ3n) is 4.27. The van der Waals surface area contributed by atoms with Crippen molar-refractivity contribution in [2.45, 2.75) is 32.4 Å². The van der Waals surface area contributed by atoms with Crippen molar-refractivity contribution in [2.75, 3.05) is 46.9 Å². The van der Waals surface area contributed by atoms with Crippen molar-refractivity contribution in [1.29, 1.82) is 0 Å². The average molecular weight is 349 g/mol. The van der Waals surface area contributed by atoms with Crippen LogP contribution in [0.1, 0.15) is 25.3 Å². The Morgan fingerprint density at radius 2 is 2.16 bits per heavy atom. The van der Waals surface area contributed by atoms with Crippen LogP contribution in [-0.4, -0.2) is 68.9 Å². The largest absolute Gasteiger partial charge is 0.492 e. The highest BCUT2D eigenvalue weighted by atomic mass is 16.5. The number of rotatable bonds is 8. The number of benzene rings is 1. The van der Waals surface area contributed by atoms with Crippen LogP contribution in [0.5, 0.6) is 5.75 Å². The number of para-hydroxylation sites is 1. The summed E-state index contributed by atoms with van der Waals surface area (Å²) in [6.45, 7) is 6.08. The van der Waals surface area contributed by atoms with Crippen LogP contribution in [0.25, 0.3) is 0 Å². The molecule has 6 nitrogen and oxygen atoms in total. The lowest BCUT2D eigenvalue weighted by Crippen LogP contribution is -2.47. The molecular formula is C19H31N3O3. The van der Waals surface area contributed by atoms with Crippen LogP contribution < -0.4 is 10.1 Å². The second-order valence-electron chi connectivity index (χ2n) is 6.58. The number of nitrogens with one attached hydrogen (secondary N) is 1. The summed E-state index contributed by atoms with van der Waals surface area (Å²) in [6.07, 6.45) is 2.17. The van der Waals surface area contributed by atoms with E-state index in [9.17, 15) is 4.79 Å². The summed E-state index contributed by atoms with van der Waals surface area (Å²) in [5, 5.41) is 3.01. The number of urea groups is 1. The Hall–Kier alpha value is -1.79. The number of carbonyl (C=O) groups excluding carboxylic acids is 1. The number of nitrogens with zero attached hydrogens (tertiary/aromatic N) is 2. The van der Waals surface area contributed by atoms with Gasteiger partial charge in [0.2, 0.25) is 0 Å². The lowest BCUT2D eigenvalue weighted by Gasteiger charge is -2.32. The summed E-state index contributed by atoms with van der Waals surface area (Å²) in [5.41, 5.74) is 0.993. The fourth-order valence-corrected chi connectivity index (χ4v) is 2.91. The molecule has 6 heteroatoms.